The summed E-state index contributed by atoms with van der Waals surface area (Å²) >= 11 is 0.582. The van der Waals surface area contributed by atoms with Crippen molar-refractivity contribution in [1.82, 2.24) is 9.36 Å². The minimum atomic E-state index is -4.60. The van der Waals surface area contributed by atoms with E-state index in [-0.39, 0.29) is 24.6 Å². The van der Waals surface area contributed by atoms with E-state index in [1.807, 2.05) is 0 Å². The SMILES string of the molecule is NC1(C(=O)O)CCN(c2nc(C(F)(F)F)ns2)C1. The average molecular weight is 282 g/mol. The van der Waals surface area contributed by atoms with E-state index in [0.29, 0.717) is 11.5 Å². The van der Waals surface area contributed by atoms with Gasteiger partial charge in [0.05, 0.1) is 0 Å². The molecular weight excluding hydrogens is 273 g/mol. The predicted molar refractivity (Wildman–Crippen MR) is 56.3 cm³/mol. The molecule has 0 saturated carbocycles. The lowest BCUT2D eigenvalue weighted by molar-refractivity contribution is -0.144. The number of nitrogens with zero attached hydrogens (tertiary/aromatic N) is 3. The zero-order valence-electron chi connectivity index (χ0n) is 8.94. The molecule has 100 valence electrons. The van der Waals surface area contributed by atoms with E-state index in [1.54, 1.807) is 0 Å². The molecule has 2 heterocycles. The number of carboxylic acid groups (broad SMARTS) is 1. The van der Waals surface area contributed by atoms with Crippen LogP contribution in [-0.4, -0.2) is 39.1 Å². The van der Waals surface area contributed by atoms with Crippen LogP contribution in [0, 0.1) is 0 Å². The highest BCUT2D eigenvalue weighted by Gasteiger charge is 2.43. The highest BCUT2D eigenvalue weighted by molar-refractivity contribution is 7.09. The van der Waals surface area contributed by atoms with Crippen molar-refractivity contribution < 1.29 is 23.1 Å². The lowest BCUT2D eigenvalue weighted by Gasteiger charge is -2.18. The van der Waals surface area contributed by atoms with Crippen molar-refractivity contribution in [3.8, 4) is 0 Å². The molecule has 1 aliphatic rings. The normalized spacial score (nSPS) is 24.6. The monoisotopic (exact) mass is 282 g/mol. The molecule has 0 bridgehead atoms. The number of halogens is 3. The van der Waals surface area contributed by atoms with Crippen molar-refractivity contribution in [2.45, 2.75) is 18.1 Å². The predicted octanol–water partition coefficient (Wildman–Crippen LogP) is 0.549. The second-order valence-corrected chi connectivity index (χ2v) is 4.76. The number of aliphatic carboxylic acids is 1. The van der Waals surface area contributed by atoms with Gasteiger partial charge in [-0.2, -0.15) is 22.5 Å². The van der Waals surface area contributed by atoms with E-state index in [4.69, 9.17) is 10.8 Å². The number of anilines is 1. The fourth-order valence-corrected chi connectivity index (χ4v) is 2.34. The van der Waals surface area contributed by atoms with Gasteiger partial charge < -0.3 is 15.7 Å². The second kappa shape index (κ2) is 4.05. The molecule has 0 spiro atoms. The van der Waals surface area contributed by atoms with Gasteiger partial charge in [-0.25, -0.2) is 0 Å². The van der Waals surface area contributed by atoms with E-state index in [9.17, 15) is 18.0 Å². The molecule has 1 aromatic heterocycles. The third-order valence-corrected chi connectivity index (χ3v) is 3.44. The van der Waals surface area contributed by atoms with E-state index in [1.165, 1.54) is 4.90 Å². The summed E-state index contributed by atoms with van der Waals surface area (Å²) in [4.78, 5) is 15.7. The first kappa shape index (κ1) is 13.0. The number of hydrogen-bond acceptors (Lipinski definition) is 6. The van der Waals surface area contributed by atoms with Gasteiger partial charge >= 0.3 is 12.1 Å². The van der Waals surface area contributed by atoms with Crippen LogP contribution in [0.3, 0.4) is 0 Å². The van der Waals surface area contributed by atoms with Crippen LogP contribution < -0.4 is 10.6 Å². The summed E-state index contributed by atoms with van der Waals surface area (Å²) in [5.41, 5.74) is 4.17. The van der Waals surface area contributed by atoms with Crippen LogP contribution in [0.25, 0.3) is 0 Å². The van der Waals surface area contributed by atoms with Gasteiger partial charge in [0.2, 0.25) is 11.0 Å². The third-order valence-electron chi connectivity index (χ3n) is 2.67. The van der Waals surface area contributed by atoms with Crippen LogP contribution in [0.15, 0.2) is 0 Å². The van der Waals surface area contributed by atoms with Crippen LogP contribution in [0.5, 0.6) is 0 Å². The van der Waals surface area contributed by atoms with Gasteiger partial charge in [0.25, 0.3) is 0 Å². The first-order valence-electron chi connectivity index (χ1n) is 4.90. The Bertz CT molecular complexity index is 477. The molecule has 1 unspecified atom stereocenters. The summed E-state index contributed by atoms with van der Waals surface area (Å²) in [6.45, 7) is 0.171. The fraction of sp³-hybridized carbons (Fsp3) is 0.625. The Morgan fingerprint density at radius 1 is 1.56 bits per heavy atom. The molecule has 3 N–H and O–H groups in total. The average Bonchev–Trinajstić information content (AvgIpc) is 2.82. The van der Waals surface area contributed by atoms with Crippen LogP contribution in [0.1, 0.15) is 12.2 Å². The molecule has 0 amide bonds. The number of alkyl halides is 3. The molecule has 1 saturated heterocycles. The summed E-state index contributed by atoms with van der Waals surface area (Å²) in [7, 11) is 0. The topological polar surface area (TPSA) is 92.3 Å². The number of carboxylic acids is 1. The van der Waals surface area contributed by atoms with E-state index < -0.39 is 23.5 Å². The maximum atomic E-state index is 12.3. The quantitative estimate of drug-likeness (QED) is 0.823. The highest BCUT2D eigenvalue weighted by atomic mass is 32.1. The molecule has 0 aromatic carbocycles. The van der Waals surface area contributed by atoms with Crippen LogP contribution in [-0.2, 0) is 11.0 Å². The molecule has 10 heteroatoms. The standard InChI is InChI=1S/C8H9F3N4O2S/c9-8(10,11)4-13-6(18-14-4)15-2-1-7(12,3-15)5(16)17/h1-3,12H2,(H,16,17). The number of nitrogens with two attached hydrogens (primary N) is 1. The van der Waals surface area contributed by atoms with E-state index in [0.717, 1.165) is 0 Å². The van der Waals surface area contributed by atoms with Gasteiger partial charge in [0.15, 0.2) is 0 Å². The molecule has 18 heavy (non-hydrogen) atoms. The van der Waals surface area contributed by atoms with E-state index in [2.05, 4.69) is 9.36 Å². The number of carbonyl (C=O) groups is 1. The fourth-order valence-electron chi connectivity index (χ4n) is 1.63. The van der Waals surface area contributed by atoms with Crippen molar-refractivity contribution >= 4 is 22.6 Å². The minimum absolute atomic E-state index is 0.0379. The first-order valence-corrected chi connectivity index (χ1v) is 5.68. The molecule has 0 radical (unpaired) electrons. The Hall–Kier alpha value is -1.42. The lowest BCUT2D eigenvalue weighted by atomic mass is 10.0. The van der Waals surface area contributed by atoms with Gasteiger partial charge in [-0.3, -0.25) is 4.79 Å². The summed E-state index contributed by atoms with van der Waals surface area (Å²) < 4.78 is 40.1. The van der Waals surface area contributed by atoms with Crippen LogP contribution >= 0.6 is 11.5 Å². The molecule has 2 rings (SSSR count). The molecule has 1 atom stereocenters. The summed E-state index contributed by atoms with van der Waals surface area (Å²) in [5, 5.41) is 8.95. The Labute approximate surface area is 103 Å². The summed E-state index contributed by atoms with van der Waals surface area (Å²) in [6, 6.07) is 0. The van der Waals surface area contributed by atoms with Gasteiger partial charge in [-0.05, 0) is 6.42 Å². The summed E-state index contributed by atoms with van der Waals surface area (Å²) in [6.07, 6.45) is -4.44. The molecular formula is C8H9F3N4O2S. The Kier molecular flexibility index (Phi) is 2.93. The zero-order valence-corrected chi connectivity index (χ0v) is 9.75. The largest absolute Gasteiger partial charge is 0.480 e. The summed E-state index contributed by atoms with van der Waals surface area (Å²) in [5.74, 6) is -2.39. The van der Waals surface area contributed by atoms with Crippen molar-refractivity contribution in [3.63, 3.8) is 0 Å². The first-order chi connectivity index (χ1) is 8.22. The van der Waals surface area contributed by atoms with Gasteiger partial charge in [-0.15, -0.1) is 0 Å². The Morgan fingerprint density at radius 2 is 2.22 bits per heavy atom. The maximum Gasteiger partial charge on any atom is 0.452 e. The Morgan fingerprint density at radius 3 is 2.67 bits per heavy atom. The smallest absolute Gasteiger partial charge is 0.452 e. The Balaban J connectivity index is 2.15. The van der Waals surface area contributed by atoms with Crippen molar-refractivity contribution in [3.05, 3.63) is 5.82 Å². The van der Waals surface area contributed by atoms with E-state index >= 15 is 0 Å². The zero-order chi connectivity index (χ0) is 13.6. The van der Waals surface area contributed by atoms with Crippen molar-refractivity contribution in [2.75, 3.05) is 18.0 Å². The molecule has 1 fully saturated rings. The number of aromatic nitrogens is 2. The molecule has 6 nitrogen and oxygen atoms in total. The molecule has 1 aliphatic heterocycles. The van der Waals surface area contributed by atoms with Gasteiger partial charge in [-0.1, -0.05) is 0 Å². The van der Waals surface area contributed by atoms with Crippen molar-refractivity contribution in [2.24, 2.45) is 5.73 Å². The van der Waals surface area contributed by atoms with Gasteiger partial charge in [0, 0.05) is 24.6 Å². The number of hydrogen-bond donors (Lipinski definition) is 2. The van der Waals surface area contributed by atoms with Crippen LogP contribution in [0.4, 0.5) is 18.3 Å². The minimum Gasteiger partial charge on any atom is -0.480 e. The second-order valence-electron chi connectivity index (χ2n) is 4.03. The van der Waals surface area contributed by atoms with Gasteiger partial charge in [0.1, 0.15) is 5.54 Å². The number of rotatable bonds is 2. The van der Waals surface area contributed by atoms with Crippen molar-refractivity contribution in [1.29, 1.82) is 0 Å². The maximum absolute atomic E-state index is 12.3. The molecule has 1 aromatic rings. The lowest BCUT2D eigenvalue weighted by Crippen LogP contribution is -2.50. The van der Waals surface area contributed by atoms with Crippen LogP contribution in [0.2, 0.25) is 0 Å². The molecule has 0 aliphatic carbocycles. The highest BCUT2D eigenvalue weighted by Crippen LogP contribution is 2.32. The third kappa shape index (κ3) is 2.25.